The van der Waals surface area contributed by atoms with Gasteiger partial charge in [-0.2, -0.15) is 4.31 Å². The molecule has 0 saturated carbocycles. The van der Waals surface area contributed by atoms with E-state index in [4.69, 9.17) is 0 Å². The Balaban J connectivity index is 2.17. The topological polar surface area (TPSA) is 66.5 Å². The number of hydrogen-bond donors (Lipinski definition) is 1. The minimum absolute atomic E-state index is 0.194. The number of anilines is 1. The summed E-state index contributed by atoms with van der Waals surface area (Å²) in [6, 6.07) is 12.3. The summed E-state index contributed by atoms with van der Waals surface area (Å²) in [7, 11) is -3.70. The van der Waals surface area contributed by atoms with Gasteiger partial charge in [0.2, 0.25) is 15.9 Å². The largest absolute Gasteiger partial charge is 0.325 e. The van der Waals surface area contributed by atoms with Gasteiger partial charge in [-0.1, -0.05) is 36.8 Å². The molecular formula is C19H24N2O3S. The van der Waals surface area contributed by atoms with Gasteiger partial charge in [0.05, 0.1) is 11.4 Å². The first-order valence-electron chi connectivity index (χ1n) is 8.18. The standard InChI is InChI=1S/C19H24N2O3S/c1-5-21(25(23,24)17-11-9-14(2)10-12-17)13-19(22)20-18-8-6-7-15(3)16(18)4/h6-12H,5,13H2,1-4H3,(H,20,22). The third-order valence-electron chi connectivity index (χ3n) is 4.21. The molecule has 25 heavy (non-hydrogen) atoms. The van der Waals surface area contributed by atoms with Crippen molar-refractivity contribution in [3.8, 4) is 0 Å². The van der Waals surface area contributed by atoms with Crippen LogP contribution in [-0.2, 0) is 14.8 Å². The van der Waals surface area contributed by atoms with Gasteiger partial charge < -0.3 is 5.32 Å². The molecule has 0 aliphatic heterocycles. The maximum absolute atomic E-state index is 12.7. The van der Waals surface area contributed by atoms with Crippen molar-refractivity contribution in [2.45, 2.75) is 32.6 Å². The second-order valence-corrected chi connectivity index (χ2v) is 7.98. The zero-order valence-electron chi connectivity index (χ0n) is 15.0. The highest BCUT2D eigenvalue weighted by atomic mass is 32.2. The van der Waals surface area contributed by atoms with Crippen LogP contribution in [0.1, 0.15) is 23.6 Å². The second-order valence-electron chi connectivity index (χ2n) is 6.04. The van der Waals surface area contributed by atoms with E-state index in [0.717, 1.165) is 16.7 Å². The van der Waals surface area contributed by atoms with Gasteiger partial charge in [0.15, 0.2) is 0 Å². The van der Waals surface area contributed by atoms with Crippen LogP contribution in [0.25, 0.3) is 0 Å². The number of aryl methyl sites for hydroxylation is 2. The van der Waals surface area contributed by atoms with E-state index in [1.54, 1.807) is 31.2 Å². The zero-order valence-corrected chi connectivity index (χ0v) is 15.9. The number of benzene rings is 2. The van der Waals surface area contributed by atoms with Crippen molar-refractivity contribution in [1.29, 1.82) is 0 Å². The maximum Gasteiger partial charge on any atom is 0.243 e. The van der Waals surface area contributed by atoms with Crippen LogP contribution < -0.4 is 5.32 Å². The fourth-order valence-corrected chi connectivity index (χ4v) is 3.87. The van der Waals surface area contributed by atoms with Gasteiger partial charge in [0, 0.05) is 12.2 Å². The highest BCUT2D eigenvalue weighted by molar-refractivity contribution is 7.89. The first-order chi connectivity index (χ1) is 11.8. The minimum atomic E-state index is -3.70. The molecule has 134 valence electrons. The maximum atomic E-state index is 12.7. The smallest absolute Gasteiger partial charge is 0.243 e. The Kier molecular flexibility index (Phi) is 5.98. The molecule has 0 spiro atoms. The van der Waals surface area contributed by atoms with E-state index in [9.17, 15) is 13.2 Å². The molecule has 0 aliphatic carbocycles. The lowest BCUT2D eigenvalue weighted by Crippen LogP contribution is -2.37. The van der Waals surface area contributed by atoms with Gasteiger partial charge in [0.25, 0.3) is 0 Å². The molecule has 2 aromatic carbocycles. The van der Waals surface area contributed by atoms with Crippen LogP contribution in [0.3, 0.4) is 0 Å². The Hall–Kier alpha value is -2.18. The Morgan fingerprint density at radius 2 is 1.68 bits per heavy atom. The molecule has 0 aromatic heterocycles. The lowest BCUT2D eigenvalue weighted by atomic mass is 10.1. The van der Waals surface area contributed by atoms with Crippen molar-refractivity contribution >= 4 is 21.6 Å². The molecule has 2 aromatic rings. The molecule has 2 rings (SSSR count). The SMILES string of the molecule is CCN(CC(=O)Nc1cccc(C)c1C)S(=O)(=O)c1ccc(C)cc1. The number of amides is 1. The van der Waals surface area contributed by atoms with Gasteiger partial charge in [0.1, 0.15) is 0 Å². The zero-order chi connectivity index (χ0) is 18.6. The fourth-order valence-electron chi connectivity index (χ4n) is 2.46. The molecule has 1 N–H and O–H groups in total. The third kappa shape index (κ3) is 4.46. The third-order valence-corrected chi connectivity index (χ3v) is 6.15. The average Bonchev–Trinajstić information content (AvgIpc) is 2.57. The first kappa shape index (κ1) is 19.1. The van der Waals surface area contributed by atoms with Crippen LogP contribution in [-0.4, -0.2) is 31.7 Å². The van der Waals surface area contributed by atoms with Crippen LogP contribution in [0.5, 0.6) is 0 Å². The van der Waals surface area contributed by atoms with E-state index >= 15 is 0 Å². The molecule has 0 heterocycles. The van der Waals surface area contributed by atoms with Gasteiger partial charge in [-0.05, 0) is 50.1 Å². The summed E-state index contributed by atoms with van der Waals surface area (Å²) in [4.78, 5) is 12.6. The molecule has 0 aliphatic rings. The summed E-state index contributed by atoms with van der Waals surface area (Å²) in [5.74, 6) is -0.355. The molecule has 6 heteroatoms. The lowest BCUT2D eigenvalue weighted by molar-refractivity contribution is -0.116. The van der Waals surface area contributed by atoms with Crippen LogP contribution in [0.15, 0.2) is 47.4 Å². The molecule has 0 unspecified atom stereocenters. The van der Waals surface area contributed by atoms with Gasteiger partial charge in [-0.25, -0.2) is 8.42 Å². The van der Waals surface area contributed by atoms with Crippen molar-refractivity contribution in [3.63, 3.8) is 0 Å². The van der Waals surface area contributed by atoms with E-state index in [1.165, 1.54) is 4.31 Å². The Labute approximate surface area is 149 Å². The van der Waals surface area contributed by atoms with Gasteiger partial charge >= 0.3 is 0 Å². The van der Waals surface area contributed by atoms with E-state index in [2.05, 4.69) is 5.32 Å². The molecule has 1 amide bonds. The number of rotatable bonds is 6. The summed E-state index contributed by atoms with van der Waals surface area (Å²) in [5.41, 5.74) is 3.72. The summed E-state index contributed by atoms with van der Waals surface area (Å²) in [6.45, 7) is 7.50. The van der Waals surface area contributed by atoms with E-state index in [-0.39, 0.29) is 23.9 Å². The molecule has 0 bridgehead atoms. The Morgan fingerprint density at radius 1 is 1.04 bits per heavy atom. The first-order valence-corrected chi connectivity index (χ1v) is 9.62. The molecule has 0 fully saturated rings. The number of carbonyl (C=O) groups is 1. The highest BCUT2D eigenvalue weighted by Gasteiger charge is 2.25. The number of likely N-dealkylation sites (N-methyl/N-ethyl adjacent to an activating group) is 1. The Morgan fingerprint density at radius 3 is 2.28 bits per heavy atom. The summed E-state index contributed by atoms with van der Waals surface area (Å²) < 4.78 is 26.6. The number of sulfonamides is 1. The minimum Gasteiger partial charge on any atom is -0.325 e. The van der Waals surface area contributed by atoms with Crippen LogP contribution in [0, 0.1) is 20.8 Å². The number of carbonyl (C=O) groups excluding carboxylic acids is 1. The van der Waals surface area contributed by atoms with Crippen molar-refractivity contribution in [3.05, 3.63) is 59.2 Å². The summed E-state index contributed by atoms with van der Waals surface area (Å²) in [6.07, 6.45) is 0. The number of hydrogen-bond acceptors (Lipinski definition) is 3. The fraction of sp³-hybridized carbons (Fsp3) is 0.316. The number of nitrogens with one attached hydrogen (secondary N) is 1. The van der Waals surface area contributed by atoms with Crippen LogP contribution in [0.4, 0.5) is 5.69 Å². The summed E-state index contributed by atoms with van der Waals surface area (Å²) in [5, 5.41) is 2.80. The van der Waals surface area contributed by atoms with Crippen molar-refractivity contribution in [2.24, 2.45) is 0 Å². The Bertz CT molecular complexity index is 859. The van der Waals surface area contributed by atoms with Crippen molar-refractivity contribution in [1.82, 2.24) is 4.31 Å². The monoisotopic (exact) mass is 360 g/mol. The van der Waals surface area contributed by atoms with Gasteiger partial charge in [-0.15, -0.1) is 0 Å². The molecule has 0 atom stereocenters. The average molecular weight is 360 g/mol. The molecule has 0 saturated heterocycles. The quantitative estimate of drug-likeness (QED) is 0.860. The van der Waals surface area contributed by atoms with Crippen molar-refractivity contribution < 1.29 is 13.2 Å². The lowest BCUT2D eigenvalue weighted by Gasteiger charge is -2.20. The van der Waals surface area contributed by atoms with Crippen molar-refractivity contribution in [2.75, 3.05) is 18.4 Å². The normalized spacial score (nSPS) is 11.6. The van der Waals surface area contributed by atoms with Gasteiger partial charge in [-0.3, -0.25) is 4.79 Å². The van der Waals surface area contributed by atoms with E-state index in [0.29, 0.717) is 5.69 Å². The van der Waals surface area contributed by atoms with E-state index in [1.807, 2.05) is 39.0 Å². The molecular weight excluding hydrogens is 336 g/mol. The van der Waals surface area contributed by atoms with E-state index < -0.39 is 10.0 Å². The van der Waals surface area contributed by atoms with Crippen LogP contribution in [0.2, 0.25) is 0 Å². The predicted octanol–water partition coefficient (Wildman–Crippen LogP) is 3.26. The van der Waals surface area contributed by atoms with Crippen LogP contribution >= 0.6 is 0 Å². The molecule has 5 nitrogen and oxygen atoms in total. The number of nitrogens with zero attached hydrogens (tertiary/aromatic N) is 1. The predicted molar refractivity (Wildman–Crippen MR) is 100 cm³/mol. The summed E-state index contributed by atoms with van der Waals surface area (Å²) >= 11 is 0. The highest BCUT2D eigenvalue weighted by Crippen LogP contribution is 2.19. The second kappa shape index (κ2) is 7.80. The molecule has 0 radical (unpaired) electrons.